The Morgan fingerprint density at radius 2 is 1.74 bits per heavy atom. The molecule has 120 valence electrons. The van der Waals surface area contributed by atoms with Crippen LogP contribution in [0.15, 0.2) is 60.7 Å². The number of hydrogen-bond donors (Lipinski definition) is 0. The summed E-state index contributed by atoms with van der Waals surface area (Å²) in [5, 5.41) is 0. The fourth-order valence-corrected chi connectivity index (χ4v) is 3.41. The van der Waals surface area contributed by atoms with Crippen molar-refractivity contribution in [2.75, 3.05) is 19.7 Å². The summed E-state index contributed by atoms with van der Waals surface area (Å²) in [7, 11) is 0. The van der Waals surface area contributed by atoms with Gasteiger partial charge in [0.1, 0.15) is 5.41 Å². The predicted molar refractivity (Wildman–Crippen MR) is 91.1 cm³/mol. The fraction of sp³-hybridized carbons (Fsp3) is 0.350. The third-order valence-electron chi connectivity index (χ3n) is 4.59. The summed E-state index contributed by atoms with van der Waals surface area (Å²) in [6.07, 6.45) is 0.808. The summed E-state index contributed by atoms with van der Waals surface area (Å²) < 4.78 is 5.42. The van der Waals surface area contributed by atoms with E-state index in [0.29, 0.717) is 13.2 Å². The van der Waals surface area contributed by atoms with E-state index in [-0.39, 0.29) is 5.97 Å². The van der Waals surface area contributed by atoms with Crippen LogP contribution >= 0.6 is 0 Å². The second-order valence-corrected chi connectivity index (χ2v) is 6.11. The van der Waals surface area contributed by atoms with Crippen molar-refractivity contribution in [2.45, 2.75) is 25.3 Å². The summed E-state index contributed by atoms with van der Waals surface area (Å²) >= 11 is 0. The molecule has 0 saturated carbocycles. The minimum absolute atomic E-state index is 0.0956. The monoisotopic (exact) mass is 309 g/mol. The molecule has 0 amide bonds. The summed E-state index contributed by atoms with van der Waals surface area (Å²) in [6.45, 7) is 4.78. The number of likely N-dealkylation sites (tertiary alicyclic amines) is 1. The summed E-state index contributed by atoms with van der Waals surface area (Å²) in [5.74, 6) is -0.0956. The smallest absolute Gasteiger partial charge is 0.317 e. The van der Waals surface area contributed by atoms with E-state index in [9.17, 15) is 4.79 Å². The minimum atomic E-state index is -0.536. The third-order valence-corrected chi connectivity index (χ3v) is 4.59. The van der Waals surface area contributed by atoms with Gasteiger partial charge in [0.2, 0.25) is 0 Å². The zero-order valence-corrected chi connectivity index (χ0v) is 13.6. The van der Waals surface area contributed by atoms with Crippen LogP contribution in [0.3, 0.4) is 0 Å². The molecule has 1 fully saturated rings. The molecule has 0 aromatic heterocycles. The lowest BCUT2D eigenvalue weighted by Crippen LogP contribution is -2.40. The van der Waals surface area contributed by atoms with Crippen LogP contribution in [0.5, 0.6) is 0 Å². The molecule has 23 heavy (non-hydrogen) atoms. The maximum Gasteiger partial charge on any atom is 0.317 e. The maximum atomic E-state index is 12.7. The molecule has 0 unspecified atom stereocenters. The van der Waals surface area contributed by atoms with Crippen LogP contribution in [0.25, 0.3) is 0 Å². The zero-order chi connectivity index (χ0) is 16.1. The van der Waals surface area contributed by atoms with Gasteiger partial charge in [0, 0.05) is 19.6 Å². The average Bonchev–Trinajstić information content (AvgIpc) is 3.02. The van der Waals surface area contributed by atoms with Crippen molar-refractivity contribution in [3.8, 4) is 0 Å². The third kappa shape index (κ3) is 3.30. The van der Waals surface area contributed by atoms with Crippen molar-refractivity contribution in [3.63, 3.8) is 0 Å². The van der Waals surface area contributed by atoms with Crippen LogP contribution in [0, 0.1) is 0 Å². The summed E-state index contributed by atoms with van der Waals surface area (Å²) in [5.41, 5.74) is 1.81. The molecule has 1 heterocycles. The summed E-state index contributed by atoms with van der Waals surface area (Å²) in [6, 6.07) is 20.5. The molecule has 3 rings (SSSR count). The Bertz CT molecular complexity index is 641. The van der Waals surface area contributed by atoms with Gasteiger partial charge in [-0.3, -0.25) is 9.69 Å². The van der Waals surface area contributed by atoms with Crippen molar-refractivity contribution in [3.05, 3.63) is 71.8 Å². The SMILES string of the molecule is CCOC(=O)[C@]1(c2ccccc2)CCN(Cc2ccccc2)C1. The van der Waals surface area contributed by atoms with Crippen LogP contribution in [0.4, 0.5) is 0 Å². The minimum Gasteiger partial charge on any atom is -0.465 e. The quantitative estimate of drug-likeness (QED) is 0.793. The van der Waals surface area contributed by atoms with Gasteiger partial charge in [0.15, 0.2) is 0 Å². The number of carbonyl (C=O) groups excluding carboxylic acids is 1. The van der Waals surface area contributed by atoms with E-state index in [1.165, 1.54) is 5.56 Å². The molecule has 3 heteroatoms. The van der Waals surface area contributed by atoms with E-state index in [0.717, 1.165) is 25.1 Å². The first-order valence-electron chi connectivity index (χ1n) is 8.23. The Morgan fingerprint density at radius 1 is 1.09 bits per heavy atom. The fourth-order valence-electron chi connectivity index (χ4n) is 3.41. The standard InChI is InChI=1S/C20H23NO2/c1-2-23-19(22)20(18-11-7-4-8-12-18)13-14-21(16-20)15-17-9-5-3-6-10-17/h3-12H,2,13-16H2,1H3/t20-/m1/s1. The normalized spacial score (nSPS) is 21.3. The molecule has 0 bridgehead atoms. The topological polar surface area (TPSA) is 29.5 Å². The first kappa shape index (κ1) is 15.8. The van der Waals surface area contributed by atoms with E-state index in [2.05, 4.69) is 29.2 Å². The van der Waals surface area contributed by atoms with Gasteiger partial charge in [-0.05, 0) is 24.5 Å². The van der Waals surface area contributed by atoms with Gasteiger partial charge in [-0.25, -0.2) is 0 Å². The van der Waals surface area contributed by atoms with Crippen LogP contribution < -0.4 is 0 Å². The molecule has 3 nitrogen and oxygen atoms in total. The van der Waals surface area contributed by atoms with E-state index in [1.807, 2.05) is 43.3 Å². The van der Waals surface area contributed by atoms with E-state index >= 15 is 0 Å². The van der Waals surface area contributed by atoms with Crippen LogP contribution in [-0.4, -0.2) is 30.6 Å². The van der Waals surface area contributed by atoms with Crippen LogP contribution in [-0.2, 0) is 21.5 Å². The van der Waals surface area contributed by atoms with Crippen molar-refractivity contribution in [1.82, 2.24) is 4.90 Å². The van der Waals surface area contributed by atoms with E-state index < -0.39 is 5.41 Å². The molecule has 2 aromatic carbocycles. The first-order chi connectivity index (χ1) is 11.2. The second kappa shape index (κ2) is 6.97. The molecule has 1 saturated heterocycles. The van der Waals surface area contributed by atoms with E-state index in [1.54, 1.807) is 0 Å². The van der Waals surface area contributed by atoms with Crippen molar-refractivity contribution >= 4 is 5.97 Å². The van der Waals surface area contributed by atoms with Crippen LogP contribution in [0.2, 0.25) is 0 Å². The van der Waals surface area contributed by atoms with Gasteiger partial charge >= 0.3 is 5.97 Å². The van der Waals surface area contributed by atoms with Gasteiger partial charge in [0.25, 0.3) is 0 Å². The molecular weight excluding hydrogens is 286 g/mol. The molecular formula is C20H23NO2. The van der Waals surface area contributed by atoms with E-state index in [4.69, 9.17) is 4.74 Å². The number of rotatable bonds is 5. The molecule has 0 spiro atoms. The van der Waals surface area contributed by atoms with Gasteiger partial charge in [-0.1, -0.05) is 60.7 Å². The second-order valence-electron chi connectivity index (χ2n) is 6.11. The molecule has 0 radical (unpaired) electrons. The van der Waals surface area contributed by atoms with Gasteiger partial charge in [0.05, 0.1) is 6.61 Å². The lowest BCUT2D eigenvalue weighted by atomic mass is 9.79. The molecule has 1 aliphatic rings. The Labute approximate surface area is 137 Å². The Hall–Kier alpha value is -2.13. The Balaban J connectivity index is 1.83. The van der Waals surface area contributed by atoms with Gasteiger partial charge in [-0.2, -0.15) is 0 Å². The predicted octanol–water partition coefficient (Wildman–Crippen LogP) is 3.39. The highest BCUT2D eigenvalue weighted by atomic mass is 16.5. The first-order valence-corrected chi connectivity index (χ1v) is 8.23. The lowest BCUT2D eigenvalue weighted by molar-refractivity contribution is -0.149. The zero-order valence-electron chi connectivity index (χ0n) is 13.6. The average molecular weight is 309 g/mol. The highest BCUT2D eigenvalue weighted by Crippen LogP contribution is 2.36. The number of ether oxygens (including phenoxy) is 1. The van der Waals surface area contributed by atoms with Crippen molar-refractivity contribution < 1.29 is 9.53 Å². The molecule has 0 aliphatic carbocycles. The number of hydrogen-bond acceptors (Lipinski definition) is 3. The van der Waals surface area contributed by atoms with Crippen molar-refractivity contribution in [1.29, 1.82) is 0 Å². The molecule has 2 aromatic rings. The van der Waals surface area contributed by atoms with Gasteiger partial charge in [-0.15, -0.1) is 0 Å². The molecule has 1 aliphatic heterocycles. The van der Waals surface area contributed by atoms with Gasteiger partial charge < -0.3 is 4.74 Å². The number of benzene rings is 2. The highest BCUT2D eigenvalue weighted by Gasteiger charge is 2.47. The van der Waals surface area contributed by atoms with Crippen molar-refractivity contribution in [2.24, 2.45) is 0 Å². The number of esters is 1. The largest absolute Gasteiger partial charge is 0.465 e. The molecule has 0 N–H and O–H groups in total. The Kier molecular flexibility index (Phi) is 4.77. The summed E-state index contributed by atoms with van der Waals surface area (Å²) in [4.78, 5) is 15.1. The maximum absolute atomic E-state index is 12.7. The highest BCUT2D eigenvalue weighted by molar-refractivity contribution is 5.84. The molecule has 1 atom stereocenters. The Morgan fingerprint density at radius 3 is 2.39 bits per heavy atom. The number of nitrogens with zero attached hydrogens (tertiary/aromatic N) is 1. The number of carbonyl (C=O) groups is 1. The van der Waals surface area contributed by atoms with Crippen LogP contribution in [0.1, 0.15) is 24.5 Å². The lowest BCUT2D eigenvalue weighted by Gasteiger charge is -2.27.